The Morgan fingerprint density at radius 3 is 2.50 bits per heavy atom. The van der Waals surface area contributed by atoms with Crippen LogP contribution in [-0.2, 0) is 6.54 Å². The lowest BCUT2D eigenvalue weighted by Gasteiger charge is -2.13. The molecule has 2 N–H and O–H groups in total. The molecule has 1 aromatic carbocycles. The van der Waals surface area contributed by atoms with E-state index >= 15 is 0 Å². The maximum absolute atomic E-state index is 8.61. The molecule has 0 saturated carbocycles. The van der Waals surface area contributed by atoms with Crippen LogP contribution in [0, 0.1) is 6.92 Å². The fraction of sp³-hybridized carbons (Fsp3) is 0.400. The fourth-order valence-corrected chi connectivity index (χ4v) is 1.40. The van der Waals surface area contributed by atoms with Crippen molar-refractivity contribution in [2.75, 3.05) is 14.2 Å². The number of ether oxygens (including phenoxy) is 2. The van der Waals surface area contributed by atoms with Gasteiger partial charge in [-0.25, -0.2) is 5.48 Å². The highest BCUT2D eigenvalue weighted by Gasteiger charge is 2.10. The average molecular weight is 197 g/mol. The van der Waals surface area contributed by atoms with Crippen molar-refractivity contribution in [3.63, 3.8) is 0 Å². The summed E-state index contributed by atoms with van der Waals surface area (Å²) in [6.07, 6.45) is 0. The lowest BCUT2D eigenvalue weighted by Crippen LogP contribution is -2.08. The SMILES string of the molecule is COc1ccc(CNO)c(C)c1OC. The zero-order valence-corrected chi connectivity index (χ0v) is 8.63. The third kappa shape index (κ3) is 1.97. The average Bonchev–Trinajstić information content (AvgIpc) is 2.21. The van der Waals surface area contributed by atoms with E-state index < -0.39 is 0 Å². The summed E-state index contributed by atoms with van der Waals surface area (Å²) in [6.45, 7) is 2.32. The Bertz CT molecular complexity index is 312. The van der Waals surface area contributed by atoms with Crippen molar-refractivity contribution < 1.29 is 14.7 Å². The van der Waals surface area contributed by atoms with Crippen LogP contribution in [0.2, 0.25) is 0 Å². The van der Waals surface area contributed by atoms with Gasteiger partial charge in [0, 0.05) is 6.54 Å². The van der Waals surface area contributed by atoms with E-state index in [1.54, 1.807) is 14.2 Å². The molecular weight excluding hydrogens is 182 g/mol. The van der Waals surface area contributed by atoms with Gasteiger partial charge in [0.1, 0.15) is 0 Å². The Kier molecular flexibility index (Phi) is 3.73. The molecule has 0 fully saturated rings. The van der Waals surface area contributed by atoms with Gasteiger partial charge < -0.3 is 14.7 Å². The van der Waals surface area contributed by atoms with Gasteiger partial charge in [0.2, 0.25) is 0 Å². The molecule has 0 aromatic heterocycles. The molecule has 0 spiro atoms. The number of nitrogens with one attached hydrogen (secondary N) is 1. The van der Waals surface area contributed by atoms with Gasteiger partial charge in [-0.3, -0.25) is 0 Å². The largest absolute Gasteiger partial charge is 0.493 e. The van der Waals surface area contributed by atoms with E-state index in [0.717, 1.165) is 11.1 Å². The monoisotopic (exact) mass is 197 g/mol. The number of hydrogen-bond donors (Lipinski definition) is 2. The highest BCUT2D eigenvalue weighted by Crippen LogP contribution is 2.32. The molecule has 0 amide bonds. The van der Waals surface area contributed by atoms with E-state index in [1.807, 2.05) is 19.1 Å². The highest BCUT2D eigenvalue weighted by molar-refractivity contribution is 5.49. The molecular formula is C10H15NO3. The Morgan fingerprint density at radius 1 is 1.29 bits per heavy atom. The summed E-state index contributed by atoms with van der Waals surface area (Å²) in [4.78, 5) is 0. The summed E-state index contributed by atoms with van der Waals surface area (Å²) in [5, 5.41) is 8.61. The van der Waals surface area contributed by atoms with E-state index in [2.05, 4.69) is 5.48 Å². The second-order valence-electron chi connectivity index (χ2n) is 2.92. The summed E-state index contributed by atoms with van der Waals surface area (Å²) in [6, 6.07) is 3.71. The smallest absolute Gasteiger partial charge is 0.163 e. The molecule has 0 aliphatic rings. The Balaban J connectivity index is 3.13. The van der Waals surface area contributed by atoms with E-state index in [0.29, 0.717) is 18.0 Å². The van der Waals surface area contributed by atoms with Crippen LogP contribution in [0.1, 0.15) is 11.1 Å². The summed E-state index contributed by atoms with van der Waals surface area (Å²) in [5.41, 5.74) is 4.06. The predicted molar refractivity (Wildman–Crippen MR) is 52.9 cm³/mol. The van der Waals surface area contributed by atoms with Crippen LogP contribution in [0.5, 0.6) is 11.5 Å². The number of benzene rings is 1. The molecule has 0 saturated heterocycles. The van der Waals surface area contributed by atoms with Crippen LogP contribution < -0.4 is 15.0 Å². The van der Waals surface area contributed by atoms with Gasteiger partial charge in [-0.2, -0.15) is 0 Å². The fourth-order valence-electron chi connectivity index (χ4n) is 1.40. The molecule has 0 radical (unpaired) electrons. The molecule has 0 heterocycles. The Hall–Kier alpha value is -1.26. The molecule has 4 nitrogen and oxygen atoms in total. The van der Waals surface area contributed by atoms with Gasteiger partial charge in [0.15, 0.2) is 11.5 Å². The third-order valence-electron chi connectivity index (χ3n) is 2.18. The maximum atomic E-state index is 8.61. The first-order valence-corrected chi connectivity index (χ1v) is 4.32. The number of rotatable bonds is 4. The molecule has 1 rings (SSSR count). The molecule has 0 aliphatic heterocycles. The Labute approximate surface area is 83.4 Å². The van der Waals surface area contributed by atoms with Crippen molar-refractivity contribution in [3.8, 4) is 11.5 Å². The second kappa shape index (κ2) is 4.83. The van der Waals surface area contributed by atoms with Crippen LogP contribution in [0.3, 0.4) is 0 Å². The molecule has 0 aliphatic carbocycles. The summed E-state index contributed by atoms with van der Waals surface area (Å²) in [5.74, 6) is 1.41. The van der Waals surface area contributed by atoms with Crippen molar-refractivity contribution in [3.05, 3.63) is 23.3 Å². The zero-order valence-electron chi connectivity index (χ0n) is 8.63. The minimum atomic E-state index is 0.395. The van der Waals surface area contributed by atoms with Gasteiger partial charge in [0.05, 0.1) is 14.2 Å². The molecule has 1 aromatic rings. The normalized spacial score (nSPS) is 10.0. The molecule has 4 heteroatoms. The first-order valence-electron chi connectivity index (χ1n) is 4.32. The van der Waals surface area contributed by atoms with Crippen molar-refractivity contribution >= 4 is 0 Å². The minimum absolute atomic E-state index is 0.395. The molecule has 0 bridgehead atoms. The standard InChI is InChI=1S/C10H15NO3/c1-7-8(6-11-12)4-5-9(13-2)10(7)14-3/h4-5,11-12H,6H2,1-3H3. The zero-order chi connectivity index (χ0) is 10.6. The molecule has 14 heavy (non-hydrogen) atoms. The van der Waals surface area contributed by atoms with E-state index in [4.69, 9.17) is 14.7 Å². The predicted octanol–water partition coefficient (Wildman–Crippen LogP) is 1.49. The topological polar surface area (TPSA) is 50.7 Å². The Morgan fingerprint density at radius 2 is 2.00 bits per heavy atom. The number of methoxy groups -OCH3 is 2. The van der Waals surface area contributed by atoms with Crippen LogP contribution in [0.4, 0.5) is 0 Å². The van der Waals surface area contributed by atoms with Crippen molar-refractivity contribution in [2.24, 2.45) is 0 Å². The molecule has 0 atom stereocenters. The highest BCUT2D eigenvalue weighted by atomic mass is 16.5. The van der Waals surface area contributed by atoms with Crippen LogP contribution in [0.25, 0.3) is 0 Å². The number of hydroxylamine groups is 1. The summed E-state index contributed by atoms with van der Waals surface area (Å²) in [7, 11) is 3.20. The molecule has 78 valence electrons. The number of hydrogen-bond acceptors (Lipinski definition) is 4. The quantitative estimate of drug-likeness (QED) is 0.718. The van der Waals surface area contributed by atoms with Gasteiger partial charge >= 0.3 is 0 Å². The lowest BCUT2D eigenvalue weighted by molar-refractivity contribution is 0.161. The van der Waals surface area contributed by atoms with Crippen LogP contribution in [-0.4, -0.2) is 19.4 Å². The van der Waals surface area contributed by atoms with Gasteiger partial charge in [-0.1, -0.05) is 6.07 Å². The second-order valence-corrected chi connectivity index (χ2v) is 2.92. The van der Waals surface area contributed by atoms with Crippen LogP contribution >= 0.6 is 0 Å². The van der Waals surface area contributed by atoms with Gasteiger partial charge in [-0.15, -0.1) is 0 Å². The first-order chi connectivity index (χ1) is 6.74. The first kappa shape index (κ1) is 10.8. The van der Waals surface area contributed by atoms with E-state index in [-0.39, 0.29) is 0 Å². The minimum Gasteiger partial charge on any atom is -0.493 e. The van der Waals surface area contributed by atoms with Gasteiger partial charge in [-0.05, 0) is 24.1 Å². The van der Waals surface area contributed by atoms with E-state index in [1.165, 1.54) is 0 Å². The lowest BCUT2D eigenvalue weighted by atomic mass is 10.1. The van der Waals surface area contributed by atoms with Gasteiger partial charge in [0.25, 0.3) is 0 Å². The van der Waals surface area contributed by atoms with Crippen LogP contribution in [0.15, 0.2) is 12.1 Å². The van der Waals surface area contributed by atoms with Crippen molar-refractivity contribution in [2.45, 2.75) is 13.5 Å². The summed E-state index contributed by atoms with van der Waals surface area (Å²) >= 11 is 0. The maximum Gasteiger partial charge on any atom is 0.163 e. The van der Waals surface area contributed by atoms with Crippen molar-refractivity contribution in [1.29, 1.82) is 0 Å². The van der Waals surface area contributed by atoms with Crippen molar-refractivity contribution in [1.82, 2.24) is 5.48 Å². The summed E-state index contributed by atoms with van der Waals surface area (Å²) < 4.78 is 10.4. The van der Waals surface area contributed by atoms with E-state index in [9.17, 15) is 0 Å². The molecule has 0 unspecified atom stereocenters. The third-order valence-corrected chi connectivity index (χ3v) is 2.18.